The molecule has 1 aromatic rings. The van der Waals surface area contributed by atoms with Crippen molar-refractivity contribution in [2.75, 3.05) is 31.5 Å². The molecule has 0 radical (unpaired) electrons. The van der Waals surface area contributed by atoms with Gasteiger partial charge in [-0.25, -0.2) is 4.79 Å². The minimum atomic E-state index is 0.0766. The Morgan fingerprint density at radius 1 is 1.22 bits per heavy atom. The highest BCUT2D eigenvalue weighted by atomic mass is 16.2. The Bertz CT molecular complexity index is 458. The molecule has 3 rings (SSSR count). The lowest BCUT2D eigenvalue weighted by atomic mass is 9.98. The van der Waals surface area contributed by atoms with Crippen LogP contribution in [-0.2, 0) is 12.8 Å². The Morgan fingerprint density at radius 2 is 2.17 bits per heavy atom. The van der Waals surface area contributed by atoms with Crippen LogP contribution in [0.25, 0.3) is 0 Å². The van der Waals surface area contributed by atoms with Crippen molar-refractivity contribution in [1.29, 1.82) is 0 Å². The SMILES string of the molecule is O=C1NCCN1CCc1cccc2c1NCCC2. The molecule has 96 valence electrons. The molecule has 1 fully saturated rings. The number of carbonyl (C=O) groups is 1. The molecule has 1 aromatic carbocycles. The van der Waals surface area contributed by atoms with Crippen molar-refractivity contribution in [3.63, 3.8) is 0 Å². The Hall–Kier alpha value is -1.71. The number of hydrogen-bond acceptors (Lipinski definition) is 2. The van der Waals surface area contributed by atoms with Crippen molar-refractivity contribution < 1.29 is 4.79 Å². The molecule has 0 atom stereocenters. The number of benzene rings is 1. The number of fused-ring (bicyclic) bond motifs is 1. The van der Waals surface area contributed by atoms with Crippen molar-refractivity contribution in [3.05, 3.63) is 29.3 Å². The monoisotopic (exact) mass is 245 g/mol. The number of carbonyl (C=O) groups excluding carboxylic acids is 1. The van der Waals surface area contributed by atoms with Crippen LogP contribution in [0.15, 0.2) is 18.2 Å². The standard InChI is InChI=1S/C14H19N3O/c18-14-16-8-10-17(14)9-6-12-4-1-3-11-5-2-7-15-13(11)12/h1,3-4,15H,2,5-10H2,(H,16,18). The molecule has 1 saturated heterocycles. The fourth-order valence-corrected chi connectivity index (χ4v) is 2.77. The molecule has 2 N–H and O–H groups in total. The zero-order valence-electron chi connectivity index (χ0n) is 10.5. The third-order valence-electron chi connectivity index (χ3n) is 3.76. The van der Waals surface area contributed by atoms with Gasteiger partial charge in [0.05, 0.1) is 0 Å². The lowest BCUT2D eigenvalue weighted by Gasteiger charge is -2.22. The van der Waals surface area contributed by atoms with E-state index >= 15 is 0 Å². The summed E-state index contributed by atoms with van der Waals surface area (Å²) in [7, 11) is 0. The minimum absolute atomic E-state index is 0.0766. The molecule has 0 spiro atoms. The quantitative estimate of drug-likeness (QED) is 0.849. The van der Waals surface area contributed by atoms with E-state index in [-0.39, 0.29) is 6.03 Å². The number of nitrogens with zero attached hydrogens (tertiary/aromatic N) is 1. The number of rotatable bonds is 3. The Balaban J connectivity index is 1.70. The molecule has 2 amide bonds. The molecule has 2 heterocycles. The minimum Gasteiger partial charge on any atom is -0.385 e. The van der Waals surface area contributed by atoms with Gasteiger partial charge in [0.25, 0.3) is 0 Å². The maximum atomic E-state index is 11.5. The molecule has 0 bridgehead atoms. The van der Waals surface area contributed by atoms with Crippen molar-refractivity contribution in [1.82, 2.24) is 10.2 Å². The van der Waals surface area contributed by atoms with Gasteiger partial charge in [0.2, 0.25) is 0 Å². The molecule has 4 nitrogen and oxygen atoms in total. The molecule has 2 aliphatic rings. The fraction of sp³-hybridized carbons (Fsp3) is 0.500. The molecule has 0 saturated carbocycles. The van der Waals surface area contributed by atoms with Gasteiger partial charge in [-0.05, 0) is 30.4 Å². The average molecular weight is 245 g/mol. The van der Waals surface area contributed by atoms with Crippen LogP contribution in [-0.4, -0.2) is 37.1 Å². The van der Waals surface area contributed by atoms with E-state index in [1.54, 1.807) is 0 Å². The van der Waals surface area contributed by atoms with E-state index in [1.165, 1.54) is 29.7 Å². The van der Waals surface area contributed by atoms with Gasteiger partial charge >= 0.3 is 6.03 Å². The molecule has 4 heteroatoms. The van der Waals surface area contributed by atoms with Gasteiger partial charge in [0.1, 0.15) is 0 Å². The van der Waals surface area contributed by atoms with E-state index in [4.69, 9.17) is 0 Å². The van der Waals surface area contributed by atoms with Gasteiger partial charge < -0.3 is 15.5 Å². The number of nitrogens with one attached hydrogen (secondary N) is 2. The number of hydrogen-bond donors (Lipinski definition) is 2. The van der Waals surface area contributed by atoms with Crippen LogP contribution in [0.3, 0.4) is 0 Å². The fourth-order valence-electron chi connectivity index (χ4n) is 2.77. The van der Waals surface area contributed by atoms with E-state index in [2.05, 4.69) is 28.8 Å². The largest absolute Gasteiger partial charge is 0.385 e. The van der Waals surface area contributed by atoms with Gasteiger partial charge in [-0.15, -0.1) is 0 Å². The number of urea groups is 1. The van der Waals surface area contributed by atoms with Crippen LogP contribution in [0.1, 0.15) is 17.5 Å². The average Bonchev–Trinajstić information content (AvgIpc) is 2.82. The van der Waals surface area contributed by atoms with Crippen LogP contribution in [0.4, 0.5) is 10.5 Å². The van der Waals surface area contributed by atoms with Gasteiger partial charge in [0, 0.05) is 31.9 Å². The van der Waals surface area contributed by atoms with Gasteiger partial charge in [-0.1, -0.05) is 18.2 Å². The van der Waals surface area contributed by atoms with Gasteiger partial charge in [-0.3, -0.25) is 0 Å². The van der Waals surface area contributed by atoms with Gasteiger partial charge in [-0.2, -0.15) is 0 Å². The summed E-state index contributed by atoms with van der Waals surface area (Å²) in [6, 6.07) is 6.58. The highest BCUT2D eigenvalue weighted by molar-refractivity contribution is 5.76. The zero-order chi connectivity index (χ0) is 12.4. The zero-order valence-corrected chi connectivity index (χ0v) is 10.5. The summed E-state index contributed by atoms with van der Waals surface area (Å²) in [6.45, 7) is 3.49. The first kappa shape index (κ1) is 11.4. The topological polar surface area (TPSA) is 44.4 Å². The van der Waals surface area contributed by atoms with Crippen molar-refractivity contribution in [2.24, 2.45) is 0 Å². The van der Waals surface area contributed by atoms with Crippen LogP contribution in [0, 0.1) is 0 Å². The normalized spacial score (nSPS) is 18.2. The lowest BCUT2D eigenvalue weighted by Crippen LogP contribution is -2.30. The number of aryl methyl sites for hydroxylation is 1. The van der Waals surface area contributed by atoms with Crippen molar-refractivity contribution in [3.8, 4) is 0 Å². The summed E-state index contributed by atoms with van der Waals surface area (Å²) in [6.07, 6.45) is 3.31. The summed E-state index contributed by atoms with van der Waals surface area (Å²) in [5.74, 6) is 0. The van der Waals surface area contributed by atoms with E-state index in [1.807, 2.05) is 4.90 Å². The summed E-state index contributed by atoms with van der Waals surface area (Å²) < 4.78 is 0. The second-order valence-corrected chi connectivity index (χ2v) is 4.95. The van der Waals surface area contributed by atoms with E-state index in [0.29, 0.717) is 0 Å². The second-order valence-electron chi connectivity index (χ2n) is 4.95. The first-order valence-electron chi connectivity index (χ1n) is 6.72. The Labute approximate surface area is 107 Å². The van der Waals surface area contributed by atoms with E-state index in [0.717, 1.165) is 32.6 Å². The Morgan fingerprint density at radius 3 is 3.00 bits per heavy atom. The third kappa shape index (κ3) is 2.15. The van der Waals surface area contributed by atoms with Crippen LogP contribution >= 0.6 is 0 Å². The lowest BCUT2D eigenvalue weighted by molar-refractivity contribution is 0.218. The van der Waals surface area contributed by atoms with Crippen LogP contribution < -0.4 is 10.6 Å². The number of amides is 2. The predicted molar refractivity (Wildman–Crippen MR) is 71.9 cm³/mol. The number of anilines is 1. The van der Waals surface area contributed by atoms with E-state index < -0.39 is 0 Å². The van der Waals surface area contributed by atoms with E-state index in [9.17, 15) is 4.79 Å². The smallest absolute Gasteiger partial charge is 0.317 e. The second kappa shape index (κ2) is 4.88. The first-order valence-corrected chi connectivity index (χ1v) is 6.72. The third-order valence-corrected chi connectivity index (χ3v) is 3.76. The molecule has 0 aromatic heterocycles. The molecule has 18 heavy (non-hydrogen) atoms. The van der Waals surface area contributed by atoms with Crippen LogP contribution in [0.2, 0.25) is 0 Å². The molecule has 0 unspecified atom stereocenters. The first-order chi connectivity index (χ1) is 8.84. The predicted octanol–water partition coefficient (Wildman–Crippen LogP) is 1.61. The maximum Gasteiger partial charge on any atom is 0.317 e. The highest BCUT2D eigenvalue weighted by Gasteiger charge is 2.19. The summed E-state index contributed by atoms with van der Waals surface area (Å²) in [4.78, 5) is 13.4. The molecule has 2 aliphatic heterocycles. The van der Waals surface area contributed by atoms with Crippen LogP contribution in [0.5, 0.6) is 0 Å². The molecular formula is C14H19N3O. The summed E-state index contributed by atoms with van der Waals surface area (Å²) in [5, 5.41) is 6.34. The Kier molecular flexibility index (Phi) is 3.09. The number of para-hydroxylation sites is 1. The van der Waals surface area contributed by atoms with Gasteiger partial charge in [0.15, 0.2) is 0 Å². The highest BCUT2D eigenvalue weighted by Crippen LogP contribution is 2.26. The van der Waals surface area contributed by atoms with Crippen molar-refractivity contribution in [2.45, 2.75) is 19.3 Å². The summed E-state index contributed by atoms with van der Waals surface area (Å²) >= 11 is 0. The summed E-state index contributed by atoms with van der Waals surface area (Å²) in [5.41, 5.74) is 4.07. The molecular weight excluding hydrogens is 226 g/mol. The van der Waals surface area contributed by atoms with Crippen molar-refractivity contribution >= 4 is 11.7 Å². The maximum absolute atomic E-state index is 11.5. The molecule has 0 aliphatic carbocycles.